The fourth-order valence-corrected chi connectivity index (χ4v) is 5.00. The molecule has 34 heavy (non-hydrogen) atoms. The zero-order valence-electron chi connectivity index (χ0n) is 17.3. The van der Waals surface area contributed by atoms with E-state index in [1.165, 1.54) is 66.7 Å². The second-order valence-electron chi connectivity index (χ2n) is 6.97. The maximum absolute atomic E-state index is 12.6. The smallest absolute Gasteiger partial charge is 0.258 e. The summed E-state index contributed by atoms with van der Waals surface area (Å²) in [5, 5.41) is 21.4. The van der Waals surface area contributed by atoms with E-state index in [-0.39, 0.29) is 34.3 Å². The van der Waals surface area contributed by atoms with Gasteiger partial charge in [0, 0.05) is 37.4 Å². The Kier molecular flexibility index (Phi) is 7.36. The highest BCUT2D eigenvalue weighted by Crippen LogP contribution is 2.18. The SMILES string of the molecule is O=[N+]([O-])c1ccc(CNS(=O)(=O)c2cccc(S(=O)(=O)NCc3ccc([N+](=O)[O-])cc3)c2)cc1. The molecule has 14 heteroatoms. The van der Waals surface area contributed by atoms with Gasteiger partial charge in [-0.2, -0.15) is 0 Å². The molecule has 0 fully saturated rings. The average molecular weight is 507 g/mol. The largest absolute Gasteiger partial charge is 0.269 e. The summed E-state index contributed by atoms with van der Waals surface area (Å²) in [5.74, 6) is 0. The molecular weight excluding hydrogens is 488 g/mol. The van der Waals surface area contributed by atoms with E-state index < -0.39 is 29.9 Å². The molecule has 12 nitrogen and oxygen atoms in total. The summed E-state index contributed by atoms with van der Waals surface area (Å²) < 4.78 is 55.2. The Morgan fingerprint density at radius 3 is 1.29 bits per heavy atom. The van der Waals surface area contributed by atoms with Crippen LogP contribution in [0.4, 0.5) is 11.4 Å². The predicted molar refractivity (Wildman–Crippen MR) is 121 cm³/mol. The molecule has 3 aromatic carbocycles. The van der Waals surface area contributed by atoms with Crippen molar-refractivity contribution in [3.63, 3.8) is 0 Å². The quantitative estimate of drug-likeness (QED) is 0.311. The standard InChI is InChI=1S/C20H18N4O8S2/c25-23(26)17-8-4-15(5-9-17)13-21-33(29,30)19-2-1-3-20(12-19)34(31,32)22-14-16-6-10-18(11-7-16)24(27)28/h1-12,21-22H,13-14H2. The molecule has 0 radical (unpaired) electrons. The van der Waals surface area contributed by atoms with Gasteiger partial charge in [0.1, 0.15) is 0 Å². The van der Waals surface area contributed by atoms with Gasteiger partial charge < -0.3 is 0 Å². The van der Waals surface area contributed by atoms with Crippen LogP contribution in [0.5, 0.6) is 0 Å². The summed E-state index contributed by atoms with van der Waals surface area (Å²) in [4.78, 5) is 19.7. The fraction of sp³-hybridized carbons (Fsp3) is 0.100. The summed E-state index contributed by atoms with van der Waals surface area (Å²) >= 11 is 0. The van der Waals surface area contributed by atoms with Crippen molar-refractivity contribution in [2.75, 3.05) is 0 Å². The second kappa shape index (κ2) is 10.0. The van der Waals surface area contributed by atoms with E-state index in [1.807, 2.05) is 0 Å². The number of nitrogens with zero attached hydrogens (tertiary/aromatic N) is 2. The zero-order valence-corrected chi connectivity index (χ0v) is 19.0. The molecule has 0 aliphatic rings. The molecule has 0 heterocycles. The number of sulfonamides is 2. The van der Waals surface area contributed by atoms with Crippen LogP contribution in [0.2, 0.25) is 0 Å². The maximum Gasteiger partial charge on any atom is 0.269 e. The molecule has 0 bridgehead atoms. The lowest BCUT2D eigenvalue weighted by Crippen LogP contribution is -2.25. The number of rotatable bonds is 10. The van der Waals surface area contributed by atoms with Crippen molar-refractivity contribution in [2.45, 2.75) is 22.9 Å². The lowest BCUT2D eigenvalue weighted by molar-refractivity contribution is -0.385. The van der Waals surface area contributed by atoms with Gasteiger partial charge >= 0.3 is 0 Å². The first kappa shape index (κ1) is 24.9. The van der Waals surface area contributed by atoms with E-state index in [2.05, 4.69) is 9.44 Å². The topological polar surface area (TPSA) is 179 Å². The lowest BCUT2D eigenvalue weighted by Gasteiger charge is -2.10. The molecular formula is C20H18N4O8S2. The minimum absolute atomic E-state index is 0.134. The minimum Gasteiger partial charge on any atom is -0.258 e. The van der Waals surface area contributed by atoms with Crippen LogP contribution in [0.25, 0.3) is 0 Å². The second-order valence-corrected chi connectivity index (χ2v) is 10.5. The molecule has 0 aromatic heterocycles. The molecule has 2 N–H and O–H groups in total. The molecule has 0 spiro atoms. The number of hydrogen-bond acceptors (Lipinski definition) is 8. The Bertz CT molecular complexity index is 1320. The average Bonchev–Trinajstić information content (AvgIpc) is 2.82. The maximum atomic E-state index is 12.6. The third-order valence-electron chi connectivity index (χ3n) is 4.65. The Morgan fingerprint density at radius 1 is 0.618 bits per heavy atom. The third kappa shape index (κ3) is 6.20. The molecule has 0 amide bonds. The normalized spacial score (nSPS) is 11.8. The summed E-state index contributed by atoms with van der Waals surface area (Å²) in [7, 11) is -8.18. The van der Waals surface area contributed by atoms with Crippen molar-refractivity contribution in [3.8, 4) is 0 Å². The number of hydrogen-bond donors (Lipinski definition) is 2. The van der Waals surface area contributed by atoms with Gasteiger partial charge in [-0.25, -0.2) is 26.3 Å². The first-order chi connectivity index (χ1) is 16.0. The van der Waals surface area contributed by atoms with Gasteiger partial charge in [-0.05, 0) is 29.3 Å². The third-order valence-corrected chi connectivity index (χ3v) is 7.45. The molecule has 0 atom stereocenters. The number of nitro groups is 2. The van der Waals surface area contributed by atoms with Gasteiger partial charge in [0.15, 0.2) is 0 Å². The molecule has 0 saturated heterocycles. The van der Waals surface area contributed by atoms with E-state index >= 15 is 0 Å². The van der Waals surface area contributed by atoms with Crippen LogP contribution in [0.15, 0.2) is 82.6 Å². The van der Waals surface area contributed by atoms with Crippen LogP contribution < -0.4 is 9.44 Å². The first-order valence-corrected chi connectivity index (χ1v) is 12.5. The molecule has 3 rings (SSSR count). The predicted octanol–water partition coefficient (Wildman–Crippen LogP) is 2.46. The monoisotopic (exact) mass is 506 g/mol. The van der Waals surface area contributed by atoms with Crippen molar-refractivity contribution >= 4 is 31.4 Å². The van der Waals surface area contributed by atoms with E-state index in [0.717, 1.165) is 6.07 Å². The Hall–Kier alpha value is -3.72. The van der Waals surface area contributed by atoms with Crippen LogP contribution in [0.1, 0.15) is 11.1 Å². The van der Waals surface area contributed by atoms with Crippen molar-refractivity contribution in [2.24, 2.45) is 0 Å². The Labute approximate surface area is 194 Å². The van der Waals surface area contributed by atoms with E-state index in [4.69, 9.17) is 0 Å². The lowest BCUT2D eigenvalue weighted by atomic mass is 10.2. The van der Waals surface area contributed by atoms with Gasteiger partial charge in [-0.3, -0.25) is 20.2 Å². The first-order valence-electron chi connectivity index (χ1n) is 9.54. The highest BCUT2D eigenvalue weighted by molar-refractivity contribution is 7.90. The van der Waals surface area contributed by atoms with Crippen molar-refractivity contribution in [1.82, 2.24) is 9.44 Å². The van der Waals surface area contributed by atoms with E-state index in [9.17, 15) is 37.1 Å². The molecule has 0 aliphatic heterocycles. The minimum atomic E-state index is -4.09. The Balaban J connectivity index is 1.70. The van der Waals surface area contributed by atoms with E-state index in [1.54, 1.807) is 0 Å². The molecule has 0 unspecified atom stereocenters. The summed E-state index contributed by atoms with van der Waals surface area (Å²) in [6, 6.07) is 15.3. The summed E-state index contributed by atoms with van der Waals surface area (Å²) in [6.45, 7) is -0.314. The summed E-state index contributed by atoms with van der Waals surface area (Å²) in [5.41, 5.74) is 0.682. The number of non-ortho nitro benzene ring substituents is 2. The van der Waals surface area contributed by atoms with Crippen LogP contribution in [0, 0.1) is 20.2 Å². The number of nitrogens with one attached hydrogen (secondary N) is 2. The van der Waals surface area contributed by atoms with Crippen molar-refractivity contribution in [1.29, 1.82) is 0 Å². The van der Waals surface area contributed by atoms with Crippen LogP contribution in [-0.2, 0) is 33.1 Å². The molecule has 0 aliphatic carbocycles. The highest BCUT2D eigenvalue weighted by Gasteiger charge is 2.20. The van der Waals surface area contributed by atoms with Crippen LogP contribution >= 0.6 is 0 Å². The molecule has 178 valence electrons. The van der Waals surface area contributed by atoms with Gasteiger partial charge in [-0.1, -0.05) is 30.3 Å². The van der Waals surface area contributed by atoms with Gasteiger partial charge in [0.2, 0.25) is 20.0 Å². The molecule has 0 saturated carbocycles. The zero-order chi connectivity index (χ0) is 24.9. The number of nitro benzene ring substituents is 2. The Morgan fingerprint density at radius 2 is 0.971 bits per heavy atom. The van der Waals surface area contributed by atoms with Gasteiger partial charge in [-0.15, -0.1) is 0 Å². The van der Waals surface area contributed by atoms with Crippen LogP contribution in [0.3, 0.4) is 0 Å². The van der Waals surface area contributed by atoms with Gasteiger partial charge in [0.05, 0.1) is 19.6 Å². The summed E-state index contributed by atoms with van der Waals surface area (Å²) in [6.07, 6.45) is 0. The fourth-order valence-electron chi connectivity index (χ4n) is 2.80. The number of benzene rings is 3. The van der Waals surface area contributed by atoms with E-state index in [0.29, 0.717) is 11.1 Å². The van der Waals surface area contributed by atoms with Crippen LogP contribution in [-0.4, -0.2) is 26.7 Å². The van der Waals surface area contributed by atoms with Crippen molar-refractivity contribution in [3.05, 3.63) is 104 Å². The molecule has 3 aromatic rings. The van der Waals surface area contributed by atoms with Crippen molar-refractivity contribution < 1.29 is 26.7 Å². The highest BCUT2D eigenvalue weighted by atomic mass is 32.2. The van der Waals surface area contributed by atoms with Gasteiger partial charge in [0.25, 0.3) is 11.4 Å².